The van der Waals surface area contributed by atoms with Crippen molar-refractivity contribution < 1.29 is 14.3 Å². The zero-order chi connectivity index (χ0) is 16.8. The predicted molar refractivity (Wildman–Crippen MR) is 92.0 cm³/mol. The Balaban J connectivity index is 1.45. The molecule has 1 atom stereocenters. The van der Waals surface area contributed by atoms with Crippen molar-refractivity contribution in [2.24, 2.45) is 0 Å². The van der Waals surface area contributed by atoms with Gasteiger partial charge < -0.3 is 20.1 Å². The molecule has 1 aliphatic carbocycles. The number of carbonyl (C=O) groups is 1. The number of amides is 1. The molecule has 3 rings (SSSR count). The number of likely N-dealkylation sites (N-methyl/N-ethyl adjacent to an activating group) is 1. The van der Waals surface area contributed by atoms with E-state index in [9.17, 15) is 4.79 Å². The van der Waals surface area contributed by atoms with Gasteiger partial charge in [0.15, 0.2) is 6.61 Å². The molecule has 0 spiro atoms. The van der Waals surface area contributed by atoms with Gasteiger partial charge in [-0.3, -0.25) is 9.69 Å². The van der Waals surface area contributed by atoms with Crippen LogP contribution in [0.3, 0.4) is 0 Å². The summed E-state index contributed by atoms with van der Waals surface area (Å²) in [5, 5.41) is 6.02. The van der Waals surface area contributed by atoms with E-state index in [4.69, 9.17) is 9.47 Å². The van der Waals surface area contributed by atoms with E-state index in [2.05, 4.69) is 15.5 Å². The van der Waals surface area contributed by atoms with Gasteiger partial charge in [-0.2, -0.15) is 0 Å². The van der Waals surface area contributed by atoms with Crippen LogP contribution in [0.25, 0.3) is 0 Å². The summed E-state index contributed by atoms with van der Waals surface area (Å²) in [6.07, 6.45) is 2.94. The molecule has 2 aliphatic rings. The van der Waals surface area contributed by atoms with Gasteiger partial charge in [0.1, 0.15) is 5.75 Å². The van der Waals surface area contributed by atoms with Gasteiger partial charge in [-0.05, 0) is 18.9 Å². The summed E-state index contributed by atoms with van der Waals surface area (Å²) in [5.74, 6) is 0.617. The van der Waals surface area contributed by atoms with E-state index in [0.717, 1.165) is 43.6 Å². The van der Waals surface area contributed by atoms with Gasteiger partial charge in [0.05, 0.1) is 12.7 Å². The monoisotopic (exact) mass is 333 g/mol. The second-order valence-electron chi connectivity index (χ2n) is 6.42. The normalized spacial score (nSPS) is 21.5. The number of hydrogen-bond acceptors (Lipinski definition) is 5. The maximum atomic E-state index is 11.3. The van der Waals surface area contributed by atoms with Crippen LogP contribution >= 0.6 is 0 Å². The van der Waals surface area contributed by atoms with Crippen molar-refractivity contribution in [1.29, 1.82) is 0 Å². The van der Waals surface area contributed by atoms with Gasteiger partial charge in [-0.15, -0.1) is 0 Å². The number of nitrogens with one attached hydrogen (secondary N) is 2. The van der Waals surface area contributed by atoms with Crippen molar-refractivity contribution in [3.05, 3.63) is 29.8 Å². The summed E-state index contributed by atoms with van der Waals surface area (Å²) >= 11 is 0. The quantitative estimate of drug-likeness (QED) is 0.736. The first-order chi connectivity index (χ1) is 11.8. The molecule has 1 aromatic rings. The molecule has 0 radical (unpaired) electrons. The first kappa shape index (κ1) is 17.2. The van der Waals surface area contributed by atoms with Crippen molar-refractivity contribution in [3.63, 3.8) is 0 Å². The van der Waals surface area contributed by atoms with E-state index in [1.165, 1.54) is 12.8 Å². The van der Waals surface area contributed by atoms with Crippen molar-refractivity contribution in [2.75, 3.05) is 39.9 Å². The molecule has 6 heteroatoms. The van der Waals surface area contributed by atoms with E-state index in [-0.39, 0.29) is 18.6 Å². The number of hydrogen-bond donors (Lipinski definition) is 2. The maximum absolute atomic E-state index is 11.3. The Labute approximate surface area is 143 Å². The third kappa shape index (κ3) is 4.93. The largest absolute Gasteiger partial charge is 0.483 e. The second-order valence-corrected chi connectivity index (χ2v) is 6.42. The highest BCUT2D eigenvalue weighted by Crippen LogP contribution is 2.28. The fourth-order valence-corrected chi connectivity index (χ4v) is 3.01. The lowest BCUT2D eigenvalue weighted by molar-refractivity contribution is -0.122. The molecule has 1 saturated heterocycles. The topological polar surface area (TPSA) is 62.8 Å². The average Bonchev–Trinajstić information content (AvgIpc) is 3.46. The van der Waals surface area contributed by atoms with Gasteiger partial charge in [0.25, 0.3) is 5.91 Å². The molecule has 1 aromatic carbocycles. The van der Waals surface area contributed by atoms with Crippen LogP contribution in [0.1, 0.15) is 18.4 Å². The molecular formula is C18H27N3O3. The minimum atomic E-state index is -0.131. The molecule has 0 unspecified atom stereocenters. The SMILES string of the molecule is CNC(=O)COc1ccccc1CNC[C@@H]1CN(C2CC2)CCO1. The highest BCUT2D eigenvalue weighted by atomic mass is 16.5. The molecule has 1 amide bonds. The van der Waals surface area contributed by atoms with E-state index in [1.54, 1.807) is 7.05 Å². The number of rotatable bonds is 8. The van der Waals surface area contributed by atoms with Crippen molar-refractivity contribution in [3.8, 4) is 5.75 Å². The van der Waals surface area contributed by atoms with Crippen LogP contribution in [-0.2, 0) is 16.1 Å². The zero-order valence-electron chi connectivity index (χ0n) is 14.3. The molecule has 2 fully saturated rings. The highest BCUT2D eigenvalue weighted by Gasteiger charge is 2.32. The fourth-order valence-electron chi connectivity index (χ4n) is 3.01. The van der Waals surface area contributed by atoms with Gasteiger partial charge in [0, 0.05) is 44.8 Å². The van der Waals surface area contributed by atoms with Gasteiger partial charge >= 0.3 is 0 Å². The summed E-state index contributed by atoms with van der Waals surface area (Å²) < 4.78 is 11.5. The summed E-state index contributed by atoms with van der Waals surface area (Å²) in [6.45, 7) is 4.48. The minimum Gasteiger partial charge on any atom is -0.483 e. The third-order valence-corrected chi connectivity index (χ3v) is 4.53. The Bertz CT molecular complexity index is 548. The number of carbonyl (C=O) groups excluding carboxylic acids is 1. The first-order valence-electron chi connectivity index (χ1n) is 8.74. The van der Waals surface area contributed by atoms with E-state index in [0.29, 0.717) is 6.54 Å². The maximum Gasteiger partial charge on any atom is 0.257 e. The molecule has 132 valence electrons. The first-order valence-corrected chi connectivity index (χ1v) is 8.74. The predicted octanol–water partition coefficient (Wildman–Crippen LogP) is 0.764. The average molecular weight is 333 g/mol. The molecule has 0 aromatic heterocycles. The number of benzene rings is 1. The smallest absolute Gasteiger partial charge is 0.257 e. The number of nitrogens with zero attached hydrogens (tertiary/aromatic N) is 1. The van der Waals surface area contributed by atoms with Crippen LogP contribution in [0.5, 0.6) is 5.75 Å². The van der Waals surface area contributed by atoms with Crippen molar-refractivity contribution in [1.82, 2.24) is 15.5 Å². The molecular weight excluding hydrogens is 306 g/mol. The zero-order valence-corrected chi connectivity index (χ0v) is 14.3. The minimum absolute atomic E-state index is 0.0373. The summed E-state index contributed by atoms with van der Waals surface area (Å²) in [5.41, 5.74) is 1.05. The van der Waals surface area contributed by atoms with Crippen LogP contribution in [0.15, 0.2) is 24.3 Å². The van der Waals surface area contributed by atoms with Gasteiger partial charge in [-0.25, -0.2) is 0 Å². The number of ether oxygens (including phenoxy) is 2. The summed E-state index contributed by atoms with van der Waals surface area (Å²) in [4.78, 5) is 13.9. The molecule has 1 heterocycles. The van der Waals surface area contributed by atoms with Crippen LogP contribution in [0.2, 0.25) is 0 Å². The molecule has 24 heavy (non-hydrogen) atoms. The Morgan fingerprint density at radius 1 is 1.38 bits per heavy atom. The highest BCUT2D eigenvalue weighted by molar-refractivity contribution is 5.77. The van der Waals surface area contributed by atoms with Crippen LogP contribution in [0, 0.1) is 0 Å². The Morgan fingerprint density at radius 2 is 2.21 bits per heavy atom. The van der Waals surface area contributed by atoms with Crippen molar-refractivity contribution >= 4 is 5.91 Å². The molecule has 0 bridgehead atoms. The summed E-state index contributed by atoms with van der Waals surface area (Å²) in [7, 11) is 1.61. The van der Waals surface area contributed by atoms with E-state index >= 15 is 0 Å². The molecule has 6 nitrogen and oxygen atoms in total. The van der Waals surface area contributed by atoms with Gasteiger partial charge in [0.2, 0.25) is 0 Å². The molecule has 2 N–H and O–H groups in total. The third-order valence-electron chi connectivity index (χ3n) is 4.53. The number of para-hydroxylation sites is 1. The number of morpholine rings is 1. The van der Waals surface area contributed by atoms with Crippen LogP contribution < -0.4 is 15.4 Å². The standard InChI is InChI=1S/C18H27N3O3/c1-19-18(22)13-24-17-5-3-2-4-14(17)10-20-11-16-12-21(8-9-23-16)15-6-7-15/h2-5,15-16,20H,6-13H2,1H3,(H,19,22)/t16-/m1/s1. The van der Waals surface area contributed by atoms with Gasteiger partial charge in [-0.1, -0.05) is 18.2 Å². The summed E-state index contributed by atoms with van der Waals surface area (Å²) in [6, 6.07) is 8.61. The Kier molecular flexibility index (Phi) is 6.07. The van der Waals surface area contributed by atoms with Crippen LogP contribution in [-0.4, -0.2) is 62.8 Å². The van der Waals surface area contributed by atoms with Crippen molar-refractivity contribution in [2.45, 2.75) is 31.5 Å². The van der Waals surface area contributed by atoms with E-state index in [1.807, 2.05) is 24.3 Å². The Morgan fingerprint density at radius 3 is 3.00 bits per heavy atom. The lowest BCUT2D eigenvalue weighted by Crippen LogP contribution is -2.47. The lowest BCUT2D eigenvalue weighted by Gasteiger charge is -2.33. The molecule has 1 aliphatic heterocycles. The van der Waals surface area contributed by atoms with Crippen LogP contribution in [0.4, 0.5) is 0 Å². The Hall–Kier alpha value is -1.63. The fraction of sp³-hybridized carbons (Fsp3) is 0.611. The van der Waals surface area contributed by atoms with E-state index < -0.39 is 0 Å². The second kappa shape index (κ2) is 8.46. The molecule has 1 saturated carbocycles. The lowest BCUT2D eigenvalue weighted by atomic mass is 10.2.